The van der Waals surface area contributed by atoms with Crippen molar-refractivity contribution in [1.29, 1.82) is 0 Å². The van der Waals surface area contributed by atoms with E-state index in [1.165, 1.54) is 6.08 Å². The number of carbonyl (C=O) groups excluding carboxylic acids is 1. The highest BCUT2D eigenvalue weighted by Crippen LogP contribution is 2.78. The third kappa shape index (κ3) is 2.54. The fraction of sp³-hybridized carbons (Fsp3) is 0.864. The SMILES string of the molecule is COCO[C@@H]1C[C@@](C)(C=CF)C(=O)[C@H](C)C23CC[C@H]4C[C@]41C2[C@H](OC)CC3. The van der Waals surface area contributed by atoms with E-state index in [0.29, 0.717) is 24.6 Å². The van der Waals surface area contributed by atoms with Crippen LogP contribution in [-0.4, -0.2) is 39.0 Å². The van der Waals surface area contributed by atoms with E-state index < -0.39 is 5.41 Å². The summed E-state index contributed by atoms with van der Waals surface area (Å²) in [5.41, 5.74) is -0.854. The molecule has 0 amide bonds. The highest BCUT2D eigenvalue weighted by molar-refractivity contribution is 5.89. The van der Waals surface area contributed by atoms with Crippen LogP contribution < -0.4 is 0 Å². The van der Waals surface area contributed by atoms with E-state index in [0.717, 1.165) is 32.1 Å². The minimum Gasteiger partial charge on any atom is -0.381 e. The van der Waals surface area contributed by atoms with Gasteiger partial charge in [0.1, 0.15) is 12.6 Å². The molecule has 2 bridgehead atoms. The quantitative estimate of drug-likeness (QED) is 0.668. The lowest BCUT2D eigenvalue weighted by molar-refractivity contribution is -0.178. The Morgan fingerprint density at radius 2 is 1.96 bits per heavy atom. The smallest absolute Gasteiger partial charge is 0.146 e. The number of rotatable bonds is 5. The number of allylic oxidation sites excluding steroid dienone is 1. The number of ketones is 1. The Labute approximate surface area is 161 Å². The van der Waals surface area contributed by atoms with Crippen LogP contribution in [0.4, 0.5) is 4.39 Å². The van der Waals surface area contributed by atoms with Crippen LogP contribution in [0.25, 0.3) is 0 Å². The number of methoxy groups -OCH3 is 2. The van der Waals surface area contributed by atoms with Crippen LogP contribution in [0.1, 0.15) is 52.4 Å². The minimum absolute atomic E-state index is 0.0360. The summed E-state index contributed by atoms with van der Waals surface area (Å²) in [5.74, 6) is 1.02. The van der Waals surface area contributed by atoms with Crippen LogP contribution in [0.5, 0.6) is 0 Å². The van der Waals surface area contributed by atoms with Crippen LogP contribution in [-0.2, 0) is 19.0 Å². The summed E-state index contributed by atoms with van der Waals surface area (Å²) in [5, 5.41) is 0. The van der Waals surface area contributed by atoms with Gasteiger partial charge in [0.15, 0.2) is 0 Å². The molecular formula is C22H33FO4. The molecule has 8 atom stereocenters. The molecule has 0 heterocycles. The third-order valence-electron chi connectivity index (χ3n) is 8.77. The zero-order chi connectivity index (χ0) is 19.4. The Morgan fingerprint density at radius 1 is 1.22 bits per heavy atom. The molecule has 4 aliphatic carbocycles. The Kier molecular flexibility index (Phi) is 4.80. The van der Waals surface area contributed by atoms with Gasteiger partial charge in [-0.2, -0.15) is 0 Å². The largest absolute Gasteiger partial charge is 0.381 e. The van der Waals surface area contributed by atoms with E-state index in [9.17, 15) is 9.18 Å². The molecule has 0 N–H and O–H groups in total. The second-order valence-electron chi connectivity index (χ2n) is 9.64. The van der Waals surface area contributed by atoms with Gasteiger partial charge in [0.2, 0.25) is 0 Å². The molecule has 0 saturated heterocycles. The number of halogens is 1. The van der Waals surface area contributed by atoms with Crippen LogP contribution >= 0.6 is 0 Å². The van der Waals surface area contributed by atoms with E-state index in [1.807, 2.05) is 6.92 Å². The van der Waals surface area contributed by atoms with Crippen LogP contribution in [0.15, 0.2) is 12.4 Å². The number of hydrogen-bond donors (Lipinski definition) is 0. The summed E-state index contributed by atoms with van der Waals surface area (Å²) < 4.78 is 30.7. The molecule has 1 spiro atoms. The normalized spacial score (nSPS) is 51.6. The summed E-state index contributed by atoms with van der Waals surface area (Å²) in [6.45, 7) is 4.18. The van der Waals surface area contributed by atoms with Gasteiger partial charge in [-0.05, 0) is 68.8 Å². The van der Waals surface area contributed by atoms with Gasteiger partial charge in [-0.3, -0.25) is 4.79 Å². The monoisotopic (exact) mass is 380 g/mol. The van der Waals surface area contributed by atoms with Gasteiger partial charge in [-0.15, -0.1) is 0 Å². The molecule has 4 aliphatic rings. The first kappa shape index (κ1) is 19.5. The second-order valence-corrected chi connectivity index (χ2v) is 9.64. The lowest BCUT2D eigenvalue weighted by Gasteiger charge is -2.55. The predicted molar refractivity (Wildman–Crippen MR) is 99.6 cm³/mol. The van der Waals surface area contributed by atoms with Crippen molar-refractivity contribution in [3.05, 3.63) is 12.4 Å². The molecule has 0 aromatic rings. The maximum absolute atomic E-state index is 13.6. The van der Waals surface area contributed by atoms with Gasteiger partial charge in [0, 0.05) is 31.0 Å². The predicted octanol–water partition coefficient (Wildman–Crippen LogP) is 4.29. The van der Waals surface area contributed by atoms with Gasteiger partial charge in [-0.25, -0.2) is 4.39 Å². The maximum atomic E-state index is 13.6. The maximum Gasteiger partial charge on any atom is 0.146 e. The number of Topliss-reactive ketones (excluding diaryl/α,β-unsaturated/α-hetero) is 1. The second kappa shape index (κ2) is 6.64. The molecule has 4 fully saturated rings. The summed E-state index contributed by atoms with van der Waals surface area (Å²) in [6, 6.07) is 0. The molecular weight excluding hydrogens is 347 g/mol. The van der Waals surface area contributed by atoms with Gasteiger partial charge in [-0.1, -0.05) is 6.92 Å². The fourth-order valence-corrected chi connectivity index (χ4v) is 7.46. The lowest BCUT2D eigenvalue weighted by atomic mass is 9.50. The molecule has 0 aromatic heterocycles. The summed E-state index contributed by atoms with van der Waals surface area (Å²) in [6.07, 6.45) is 7.96. The van der Waals surface area contributed by atoms with Crippen molar-refractivity contribution in [2.45, 2.75) is 64.6 Å². The first-order valence-electron chi connectivity index (χ1n) is 10.3. The van der Waals surface area contributed by atoms with E-state index in [4.69, 9.17) is 14.2 Å². The highest BCUT2D eigenvalue weighted by Gasteiger charge is 2.76. The molecule has 4 rings (SSSR count). The van der Waals surface area contributed by atoms with Crippen molar-refractivity contribution in [2.24, 2.45) is 34.0 Å². The molecule has 4 saturated carbocycles. The van der Waals surface area contributed by atoms with Crippen LogP contribution in [0, 0.1) is 34.0 Å². The molecule has 0 aliphatic heterocycles. The Morgan fingerprint density at radius 3 is 2.63 bits per heavy atom. The van der Waals surface area contributed by atoms with Gasteiger partial charge in [0.25, 0.3) is 0 Å². The topological polar surface area (TPSA) is 44.8 Å². The van der Waals surface area contributed by atoms with Crippen molar-refractivity contribution >= 4 is 5.78 Å². The average Bonchev–Trinajstić information content (AvgIpc) is 3.28. The van der Waals surface area contributed by atoms with Crippen molar-refractivity contribution < 1.29 is 23.4 Å². The Bertz CT molecular complexity index is 636. The molecule has 4 nitrogen and oxygen atoms in total. The number of hydrogen-bond acceptors (Lipinski definition) is 4. The number of carbonyl (C=O) groups is 1. The van der Waals surface area contributed by atoms with Crippen molar-refractivity contribution in [3.8, 4) is 0 Å². The van der Waals surface area contributed by atoms with E-state index in [-0.39, 0.29) is 41.5 Å². The molecule has 5 heteroatoms. The summed E-state index contributed by atoms with van der Waals surface area (Å²) >= 11 is 0. The van der Waals surface area contributed by atoms with E-state index >= 15 is 0 Å². The molecule has 2 unspecified atom stereocenters. The minimum atomic E-state index is -0.840. The lowest BCUT2D eigenvalue weighted by Crippen LogP contribution is -2.57. The van der Waals surface area contributed by atoms with Crippen molar-refractivity contribution in [3.63, 3.8) is 0 Å². The zero-order valence-corrected chi connectivity index (χ0v) is 17.0. The molecule has 152 valence electrons. The molecule has 27 heavy (non-hydrogen) atoms. The van der Waals surface area contributed by atoms with Crippen LogP contribution in [0.2, 0.25) is 0 Å². The van der Waals surface area contributed by atoms with Gasteiger partial charge in [0.05, 0.1) is 18.5 Å². The number of ether oxygens (including phenoxy) is 3. The van der Waals surface area contributed by atoms with Gasteiger partial charge >= 0.3 is 0 Å². The van der Waals surface area contributed by atoms with Crippen LogP contribution in [0.3, 0.4) is 0 Å². The fourth-order valence-electron chi connectivity index (χ4n) is 7.46. The van der Waals surface area contributed by atoms with E-state index in [2.05, 4.69) is 6.92 Å². The van der Waals surface area contributed by atoms with Gasteiger partial charge < -0.3 is 14.2 Å². The van der Waals surface area contributed by atoms with Crippen molar-refractivity contribution in [1.82, 2.24) is 0 Å². The Hall–Kier alpha value is -0.780. The Balaban J connectivity index is 1.84. The van der Waals surface area contributed by atoms with Crippen molar-refractivity contribution in [2.75, 3.05) is 21.0 Å². The third-order valence-corrected chi connectivity index (χ3v) is 8.77. The van der Waals surface area contributed by atoms with E-state index in [1.54, 1.807) is 14.2 Å². The molecule has 0 aromatic carbocycles. The standard InChI is InChI=1S/C22H33FO4/c1-14-19(24)20(2,9-10-23)12-17(27-13-25-3)22-11-15(22)5-7-21(14)8-6-16(26-4)18(21)22/h9-10,14-18H,5-8,11-13H2,1-4H3/t14-,15-,16+,17+,18?,20+,21?,22-/m0/s1. The average molecular weight is 381 g/mol. The summed E-state index contributed by atoms with van der Waals surface area (Å²) in [4.78, 5) is 13.6. The first-order chi connectivity index (χ1) is 12.9. The zero-order valence-electron chi connectivity index (χ0n) is 17.0. The molecule has 0 radical (unpaired) electrons. The summed E-state index contributed by atoms with van der Waals surface area (Å²) in [7, 11) is 3.43. The first-order valence-corrected chi connectivity index (χ1v) is 10.3. The highest BCUT2D eigenvalue weighted by atomic mass is 19.1.